The van der Waals surface area contributed by atoms with Crippen LogP contribution in [0.5, 0.6) is 0 Å². The SMILES string of the molecule is CC1(C)CC[Se]c2c([Se]c3ccc(C(=O)O)cn3)cccc21. The minimum absolute atomic E-state index is 0.136. The molecule has 0 atom stereocenters. The van der Waals surface area contributed by atoms with Gasteiger partial charge in [-0.25, -0.2) is 0 Å². The first-order valence-corrected chi connectivity index (χ1v) is 10.9. The maximum atomic E-state index is 10.9. The molecular weight excluding hydrogens is 408 g/mol. The van der Waals surface area contributed by atoms with Gasteiger partial charge in [-0.2, -0.15) is 0 Å². The number of nitrogens with zero attached hydrogens (tertiary/aromatic N) is 1. The molecular formula is C17H17NO2Se2. The summed E-state index contributed by atoms with van der Waals surface area (Å²) in [6.07, 6.45) is 2.73. The molecule has 0 bridgehead atoms. The van der Waals surface area contributed by atoms with Crippen molar-refractivity contribution in [3.05, 3.63) is 47.7 Å². The van der Waals surface area contributed by atoms with Crippen LogP contribution in [0.2, 0.25) is 5.32 Å². The van der Waals surface area contributed by atoms with Crippen molar-refractivity contribution >= 4 is 49.4 Å². The summed E-state index contributed by atoms with van der Waals surface area (Å²) in [6.45, 7) is 4.66. The van der Waals surface area contributed by atoms with Crippen molar-refractivity contribution in [1.29, 1.82) is 0 Å². The van der Waals surface area contributed by atoms with Gasteiger partial charge in [0.1, 0.15) is 0 Å². The van der Waals surface area contributed by atoms with Gasteiger partial charge in [-0.1, -0.05) is 0 Å². The van der Waals surface area contributed by atoms with E-state index in [2.05, 4.69) is 37.0 Å². The summed E-state index contributed by atoms with van der Waals surface area (Å²) < 4.78 is 3.95. The molecule has 3 rings (SSSR count). The zero-order chi connectivity index (χ0) is 15.7. The number of pyridine rings is 1. The zero-order valence-corrected chi connectivity index (χ0v) is 15.9. The molecule has 1 aromatic carbocycles. The number of aromatic nitrogens is 1. The van der Waals surface area contributed by atoms with E-state index in [4.69, 9.17) is 5.11 Å². The molecule has 0 amide bonds. The van der Waals surface area contributed by atoms with Crippen molar-refractivity contribution < 1.29 is 9.90 Å². The molecule has 0 unspecified atom stereocenters. The Morgan fingerprint density at radius 2 is 2.14 bits per heavy atom. The van der Waals surface area contributed by atoms with E-state index in [-0.39, 0.29) is 25.9 Å². The number of benzene rings is 1. The molecule has 1 aromatic heterocycles. The van der Waals surface area contributed by atoms with Crippen LogP contribution < -0.4 is 13.5 Å². The van der Waals surface area contributed by atoms with Crippen LogP contribution in [0, 0.1) is 0 Å². The molecule has 0 aliphatic carbocycles. The first-order chi connectivity index (χ1) is 10.5. The third-order valence-electron chi connectivity index (χ3n) is 3.88. The topological polar surface area (TPSA) is 50.2 Å². The molecule has 3 nitrogen and oxygen atoms in total. The molecule has 0 spiro atoms. The van der Waals surface area contributed by atoms with E-state index < -0.39 is 5.97 Å². The van der Waals surface area contributed by atoms with E-state index in [0.717, 1.165) is 4.59 Å². The Labute approximate surface area is 142 Å². The Morgan fingerprint density at radius 1 is 1.32 bits per heavy atom. The fourth-order valence-electron chi connectivity index (χ4n) is 2.50. The number of aromatic carboxylic acids is 1. The predicted octanol–water partition coefficient (Wildman–Crippen LogP) is 0.864. The number of rotatable bonds is 3. The molecule has 0 radical (unpaired) electrons. The van der Waals surface area contributed by atoms with Gasteiger partial charge in [0.15, 0.2) is 0 Å². The van der Waals surface area contributed by atoms with Gasteiger partial charge in [0.05, 0.1) is 0 Å². The molecule has 1 aliphatic rings. The maximum absolute atomic E-state index is 10.9. The van der Waals surface area contributed by atoms with Crippen LogP contribution in [-0.4, -0.2) is 46.0 Å². The number of carbonyl (C=O) groups is 1. The van der Waals surface area contributed by atoms with Crippen molar-refractivity contribution in [1.82, 2.24) is 4.98 Å². The van der Waals surface area contributed by atoms with Crippen molar-refractivity contribution in [2.75, 3.05) is 0 Å². The summed E-state index contributed by atoms with van der Waals surface area (Å²) >= 11 is 0.682. The van der Waals surface area contributed by atoms with Gasteiger partial charge in [-0.15, -0.1) is 0 Å². The average Bonchev–Trinajstić information content (AvgIpc) is 2.48. The second-order valence-corrected chi connectivity index (χ2v) is 10.5. The fraction of sp³-hybridized carbons (Fsp3) is 0.294. The number of carboxylic acid groups (broad SMARTS) is 1. The summed E-state index contributed by atoms with van der Waals surface area (Å²) in [6, 6.07) is 10.1. The standard InChI is InChI=1S/C17H17NO2Se2/c1-17(2)8-9-21-15-12(17)4-3-5-13(15)22-14-7-6-11(10-18-14)16(19)20/h3-7,10H,8-9H2,1-2H3,(H,19,20). The second-order valence-electron chi connectivity index (χ2n) is 5.91. The van der Waals surface area contributed by atoms with Gasteiger partial charge >= 0.3 is 143 Å². The van der Waals surface area contributed by atoms with Gasteiger partial charge in [0.25, 0.3) is 0 Å². The fourth-order valence-corrected chi connectivity index (χ4v) is 8.51. The van der Waals surface area contributed by atoms with Gasteiger partial charge in [-0.3, -0.25) is 0 Å². The Kier molecular flexibility index (Phi) is 4.42. The Morgan fingerprint density at radius 3 is 2.82 bits per heavy atom. The normalized spacial score (nSPS) is 16.1. The first-order valence-electron chi connectivity index (χ1n) is 7.11. The molecule has 1 aliphatic heterocycles. The Balaban J connectivity index is 1.92. The van der Waals surface area contributed by atoms with Crippen LogP contribution in [0.25, 0.3) is 0 Å². The van der Waals surface area contributed by atoms with Crippen molar-refractivity contribution in [3.63, 3.8) is 0 Å². The van der Waals surface area contributed by atoms with Crippen LogP contribution >= 0.6 is 0 Å². The summed E-state index contributed by atoms with van der Waals surface area (Å²) in [4.78, 5) is 15.2. The molecule has 114 valence electrons. The first kappa shape index (κ1) is 15.8. The summed E-state index contributed by atoms with van der Waals surface area (Å²) in [5.41, 5.74) is 2.02. The molecule has 0 saturated carbocycles. The number of hydrogen-bond donors (Lipinski definition) is 1. The predicted molar refractivity (Wildman–Crippen MR) is 90.5 cm³/mol. The van der Waals surface area contributed by atoms with E-state index in [1.54, 1.807) is 10.5 Å². The van der Waals surface area contributed by atoms with Gasteiger partial charge in [-0.05, 0) is 0 Å². The van der Waals surface area contributed by atoms with Gasteiger partial charge in [0, 0.05) is 0 Å². The van der Waals surface area contributed by atoms with Crippen LogP contribution in [0.15, 0.2) is 36.5 Å². The van der Waals surface area contributed by atoms with Crippen LogP contribution in [0.4, 0.5) is 0 Å². The Bertz CT molecular complexity index is 711. The summed E-state index contributed by atoms with van der Waals surface area (Å²) in [5.74, 6) is -0.922. The molecule has 2 heterocycles. The molecule has 2 aromatic rings. The van der Waals surface area contributed by atoms with E-state index in [1.807, 2.05) is 6.07 Å². The third kappa shape index (κ3) is 3.13. The molecule has 5 heteroatoms. The number of hydrogen-bond acceptors (Lipinski definition) is 2. The van der Waals surface area contributed by atoms with Gasteiger partial charge in [0.2, 0.25) is 0 Å². The van der Waals surface area contributed by atoms with Crippen molar-refractivity contribution in [3.8, 4) is 0 Å². The zero-order valence-electron chi connectivity index (χ0n) is 12.5. The average molecular weight is 425 g/mol. The van der Waals surface area contributed by atoms with Gasteiger partial charge < -0.3 is 0 Å². The minimum atomic E-state index is -0.922. The Hall–Kier alpha value is -1.12. The number of fused-ring (bicyclic) bond motifs is 1. The van der Waals surface area contributed by atoms with E-state index in [9.17, 15) is 4.79 Å². The summed E-state index contributed by atoms with van der Waals surface area (Å²) in [5, 5.41) is 10.2. The monoisotopic (exact) mass is 427 g/mol. The summed E-state index contributed by atoms with van der Waals surface area (Å²) in [7, 11) is 0. The number of carboxylic acids is 1. The second kappa shape index (κ2) is 6.17. The van der Waals surface area contributed by atoms with Crippen molar-refractivity contribution in [2.24, 2.45) is 0 Å². The molecule has 1 N–H and O–H groups in total. The van der Waals surface area contributed by atoms with Crippen LogP contribution in [0.1, 0.15) is 36.2 Å². The third-order valence-corrected chi connectivity index (χ3v) is 9.04. The van der Waals surface area contributed by atoms with E-state index >= 15 is 0 Å². The van der Waals surface area contributed by atoms with E-state index in [1.165, 1.54) is 28.0 Å². The van der Waals surface area contributed by atoms with Crippen molar-refractivity contribution in [2.45, 2.75) is 31.0 Å². The van der Waals surface area contributed by atoms with Crippen LogP contribution in [-0.2, 0) is 5.41 Å². The molecule has 0 fully saturated rings. The quantitative estimate of drug-likeness (QED) is 0.743. The van der Waals surface area contributed by atoms with Crippen LogP contribution in [0.3, 0.4) is 0 Å². The molecule has 0 saturated heterocycles. The molecule has 22 heavy (non-hydrogen) atoms. The van der Waals surface area contributed by atoms with E-state index in [0.29, 0.717) is 15.0 Å².